The topological polar surface area (TPSA) is 62.7 Å². The van der Waals surface area contributed by atoms with Crippen LogP contribution in [0.3, 0.4) is 0 Å². The monoisotopic (exact) mass is 440 g/mol. The number of carbonyl (C=O) groups is 1. The van der Waals surface area contributed by atoms with Crippen LogP contribution >= 0.6 is 12.0 Å². The molecule has 5 nitrogen and oxygen atoms in total. The first-order valence-corrected chi connectivity index (χ1v) is 10.1. The molecule has 0 aliphatic carbocycles. The highest BCUT2D eigenvalue weighted by Crippen LogP contribution is 2.32. The fourth-order valence-electron chi connectivity index (χ4n) is 2.58. The fourth-order valence-corrected chi connectivity index (χ4v) is 2.76. The van der Waals surface area contributed by atoms with Crippen LogP contribution in [0.25, 0.3) is 12.2 Å². The first kappa shape index (κ1) is 23.8. The molecule has 1 aromatic carbocycles. The smallest absolute Gasteiger partial charge is 0.351 e. The van der Waals surface area contributed by atoms with Gasteiger partial charge in [-0.05, 0) is 49.8 Å². The summed E-state index contributed by atoms with van der Waals surface area (Å²) in [4.78, 5) is 18.2. The third-order valence-corrected chi connectivity index (χ3v) is 4.84. The summed E-state index contributed by atoms with van der Waals surface area (Å²) in [5, 5.41) is -4.04. The Labute approximate surface area is 177 Å². The van der Waals surface area contributed by atoms with Gasteiger partial charge in [0.1, 0.15) is 6.61 Å². The Bertz CT molecular complexity index is 842. The Morgan fingerprint density at radius 1 is 1.20 bits per heavy atom. The van der Waals surface area contributed by atoms with Crippen LogP contribution in [0, 0.1) is 0 Å². The molecule has 0 fully saturated rings. The molecule has 0 aliphatic rings. The number of rotatable bonds is 10. The second kappa shape index (κ2) is 11.0. The normalized spacial score (nSPS) is 12.7. The standard InChI is InChI=1S/C21H23F3N2O3S/c1-3-26(4-2)18-11-6-15(7-12-18)5-9-17-10-8-16(13-25-17)20(27)29-14-19(22)21(23,24)30-28/h5-13,19,28H,3-4,14H2,1-2H3/b9-5+. The van der Waals surface area contributed by atoms with Crippen molar-refractivity contribution in [2.75, 3.05) is 24.6 Å². The summed E-state index contributed by atoms with van der Waals surface area (Å²) in [6, 6.07) is 11.0. The van der Waals surface area contributed by atoms with Gasteiger partial charge >= 0.3 is 11.2 Å². The fraction of sp³-hybridized carbons (Fsp3) is 0.333. The number of pyridine rings is 1. The maximum Gasteiger partial charge on any atom is 0.351 e. The Kier molecular flexibility index (Phi) is 8.73. The van der Waals surface area contributed by atoms with E-state index >= 15 is 0 Å². The van der Waals surface area contributed by atoms with Crippen molar-refractivity contribution in [1.29, 1.82) is 0 Å². The minimum Gasteiger partial charge on any atom is -0.459 e. The van der Waals surface area contributed by atoms with Gasteiger partial charge in [0.25, 0.3) is 0 Å². The largest absolute Gasteiger partial charge is 0.459 e. The zero-order chi connectivity index (χ0) is 22.1. The summed E-state index contributed by atoms with van der Waals surface area (Å²) in [7, 11) is 0. The third-order valence-electron chi connectivity index (χ3n) is 4.34. The van der Waals surface area contributed by atoms with Crippen LogP contribution in [-0.2, 0) is 4.74 Å². The van der Waals surface area contributed by atoms with Crippen LogP contribution in [0.4, 0.5) is 18.9 Å². The summed E-state index contributed by atoms with van der Waals surface area (Å²) >= 11 is -0.930. The first-order valence-electron chi connectivity index (χ1n) is 9.31. The number of ether oxygens (including phenoxy) is 1. The molecule has 0 aliphatic heterocycles. The Hall–Kier alpha value is -2.52. The van der Waals surface area contributed by atoms with E-state index in [-0.39, 0.29) is 5.56 Å². The van der Waals surface area contributed by atoms with Gasteiger partial charge in [0.05, 0.1) is 23.3 Å². The van der Waals surface area contributed by atoms with E-state index in [4.69, 9.17) is 4.55 Å². The molecular formula is C21H23F3N2O3S. The Morgan fingerprint density at radius 2 is 1.87 bits per heavy atom. The number of aromatic nitrogens is 1. The van der Waals surface area contributed by atoms with Crippen molar-refractivity contribution in [3.8, 4) is 0 Å². The molecule has 30 heavy (non-hydrogen) atoms. The molecule has 0 spiro atoms. The number of hydrogen-bond acceptors (Lipinski definition) is 6. The van der Waals surface area contributed by atoms with Crippen molar-refractivity contribution in [3.05, 3.63) is 59.4 Å². The van der Waals surface area contributed by atoms with Crippen LogP contribution < -0.4 is 4.90 Å². The number of halogens is 3. The number of alkyl halides is 3. The molecule has 0 saturated carbocycles. The van der Waals surface area contributed by atoms with E-state index in [1.165, 1.54) is 12.3 Å². The van der Waals surface area contributed by atoms with Crippen molar-refractivity contribution in [1.82, 2.24) is 4.98 Å². The number of benzene rings is 1. The van der Waals surface area contributed by atoms with Gasteiger partial charge in [0.2, 0.25) is 6.17 Å². The number of anilines is 1. The van der Waals surface area contributed by atoms with Gasteiger partial charge in [0.15, 0.2) is 0 Å². The van der Waals surface area contributed by atoms with E-state index in [9.17, 15) is 18.0 Å². The van der Waals surface area contributed by atoms with Crippen LogP contribution in [0.2, 0.25) is 0 Å². The maximum atomic E-state index is 13.3. The van der Waals surface area contributed by atoms with Gasteiger partial charge in [-0.1, -0.05) is 18.2 Å². The number of hydrogen-bond donors (Lipinski definition) is 1. The molecule has 9 heteroatoms. The van der Waals surface area contributed by atoms with E-state index in [0.717, 1.165) is 24.3 Å². The molecule has 1 N–H and O–H groups in total. The van der Waals surface area contributed by atoms with Crippen LogP contribution in [-0.4, -0.2) is 46.6 Å². The van der Waals surface area contributed by atoms with Crippen LogP contribution in [0.5, 0.6) is 0 Å². The zero-order valence-corrected chi connectivity index (χ0v) is 17.4. The van der Waals surface area contributed by atoms with E-state index in [1.54, 1.807) is 12.1 Å². The average molecular weight is 440 g/mol. The van der Waals surface area contributed by atoms with Gasteiger partial charge in [-0.25, -0.2) is 9.18 Å². The lowest BCUT2D eigenvalue weighted by Crippen LogP contribution is -2.31. The van der Waals surface area contributed by atoms with Crippen molar-refractivity contribution in [2.45, 2.75) is 25.3 Å². The molecule has 162 valence electrons. The number of esters is 1. The maximum absolute atomic E-state index is 13.3. The number of nitrogens with zero attached hydrogens (tertiary/aromatic N) is 2. The molecule has 0 radical (unpaired) electrons. The second-order valence-electron chi connectivity index (χ2n) is 6.29. The highest BCUT2D eigenvalue weighted by atomic mass is 32.2. The van der Waals surface area contributed by atoms with Crippen LogP contribution in [0.15, 0.2) is 42.6 Å². The predicted molar refractivity (Wildman–Crippen MR) is 114 cm³/mol. The summed E-state index contributed by atoms with van der Waals surface area (Å²) in [5.74, 6) is -0.980. The quantitative estimate of drug-likeness (QED) is 0.395. The molecule has 1 heterocycles. The van der Waals surface area contributed by atoms with Gasteiger partial charge in [0, 0.05) is 25.0 Å². The Morgan fingerprint density at radius 3 is 2.40 bits per heavy atom. The minimum absolute atomic E-state index is 0.00268. The summed E-state index contributed by atoms with van der Waals surface area (Å²) in [6.07, 6.45) is 2.03. The molecule has 1 unspecified atom stereocenters. The molecular weight excluding hydrogens is 417 g/mol. The third kappa shape index (κ3) is 6.50. The van der Waals surface area contributed by atoms with Crippen molar-refractivity contribution in [2.24, 2.45) is 0 Å². The first-order chi connectivity index (χ1) is 14.3. The molecule has 0 saturated heterocycles. The molecule has 2 aromatic rings. The summed E-state index contributed by atoms with van der Waals surface area (Å²) in [6.45, 7) is 4.88. The van der Waals surface area contributed by atoms with Crippen LogP contribution in [0.1, 0.15) is 35.5 Å². The average Bonchev–Trinajstić information content (AvgIpc) is 2.77. The number of carbonyl (C=O) groups excluding carboxylic acids is 1. The van der Waals surface area contributed by atoms with Crippen molar-refractivity contribution >= 4 is 35.9 Å². The van der Waals surface area contributed by atoms with Gasteiger partial charge in [-0.15, -0.1) is 0 Å². The Balaban J connectivity index is 1.94. The molecule has 1 aromatic heterocycles. The summed E-state index contributed by atoms with van der Waals surface area (Å²) in [5.41, 5.74) is 2.70. The van der Waals surface area contributed by atoms with Gasteiger partial charge in [-0.3, -0.25) is 4.98 Å². The van der Waals surface area contributed by atoms with Gasteiger partial charge in [-0.2, -0.15) is 8.78 Å². The lowest BCUT2D eigenvalue weighted by molar-refractivity contribution is -0.0272. The summed E-state index contributed by atoms with van der Waals surface area (Å²) < 4.78 is 51.9. The highest BCUT2D eigenvalue weighted by Gasteiger charge is 2.42. The van der Waals surface area contributed by atoms with E-state index in [2.05, 4.69) is 28.5 Å². The van der Waals surface area contributed by atoms with Crippen molar-refractivity contribution < 1.29 is 27.3 Å². The lowest BCUT2D eigenvalue weighted by Gasteiger charge is -2.20. The molecule has 2 rings (SSSR count). The lowest BCUT2D eigenvalue weighted by atomic mass is 10.1. The zero-order valence-electron chi connectivity index (χ0n) is 16.6. The van der Waals surface area contributed by atoms with E-state index in [1.807, 2.05) is 30.3 Å². The van der Waals surface area contributed by atoms with E-state index < -0.39 is 36.0 Å². The van der Waals surface area contributed by atoms with E-state index in [0.29, 0.717) is 5.69 Å². The van der Waals surface area contributed by atoms with Gasteiger partial charge < -0.3 is 14.2 Å². The minimum atomic E-state index is -4.04. The molecule has 0 amide bonds. The predicted octanol–water partition coefficient (Wildman–Crippen LogP) is 5.39. The second-order valence-corrected chi connectivity index (χ2v) is 7.01. The molecule has 1 atom stereocenters. The molecule has 0 bridgehead atoms. The SMILES string of the molecule is CCN(CC)c1ccc(/C=C/c2ccc(C(=O)OCC(F)C(F)(F)SO)cn2)cc1. The highest BCUT2D eigenvalue weighted by molar-refractivity contribution is 7.94. The van der Waals surface area contributed by atoms with Crippen molar-refractivity contribution in [3.63, 3.8) is 0 Å².